The van der Waals surface area contributed by atoms with E-state index in [1.165, 1.54) is 20.5 Å². The summed E-state index contributed by atoms with van der Waals surface area (Å²) in [6.07, 6.45) is 1.15. The zero-order valence-corrected chi connectivity index (χ0v) is 18.8. The highest BCUT2D eigenvalue weighted by molar-refractivity contribution is 5.89. The Hall–Kier alpha value is -5.00. The molecule has 2 aromatic heterocycles. The fourth-order valence-corrected chi connectivity index (χ4v) is 3.26. The molecule has 2 heterocycles. The number of methoxy groups -OCH3 is 2. The van der Waals surface area contributed by atoms with Crippen molar-refractivity contribution in [1.29, 1.82) is 0 Å². The third-order valence-corrected chi connectivity index (χ3v) is 4.88. The average molecular weight is 475 g/mol. The van der Waals surface area contributed by atoms with E-state index in [1.807, 2.05) is 0 Å². The molecule has 4 N–H and O–H groups in total. The molecule has 12 heteroatoms. The number of aromatic nitrogens is 5. The zero-order valence-electron chi connectivity index (χ0n) is 18.8. The number of hydrogen-bond acceptors (Lipinski definition) is 10. The molecule has 0 aliphatic rings. The van der Waals surface area contributed by atoms with Crippen molar-refractivity contribution in [3.63, 3.8) is 0 Å². The van der Waals surface area contributed by atoms with Gasteiger partial charge < -0.3 is 25.2 Å². The number of rotatable bonds is 9. The van der Waals surface area contributed by atoms with Gasteiger partial charge in [-0.2, -0.15) is 10.1 Å². The maximum Gasteiger partial charge on any atom is 0.337 e. The van der Waals surface area contributed by atoms with Crippen molar-refractivity contribution in [1.82, 2.24) is 25.1 Å². The molecule has 35 heavy (non-hydrogen) atoms. The van der Waals surface area contributed by atoms with Gasteiger partial charge in [0, 0.05) is 17.3 Å². The molecule has 0 fully saturated rings. The molecule has 0 spiro atoms. The minimum absolute atomic E-state index is 0.185. The fraction of sp³-hybridized carbons (Fsp3) is 0.130. The van der Waals surface area contributed by atoms with Gasteiger partial charge in [0.1, 0.15) is 12.1 Å². The highest BCUT2D eigenvalue weighted by Crippen LogP contribution is 2.25. The first-order valence-electron chi connectivity index (χ1n) is 10.3. The largest absolute Gasteiger partial charge is 0.496 e. The lowest BCUT2D eigenvalue weighted by molar-refractivity contribution is -0.136. The van der Waals surface area contributed by atoms with Crippen molar-refractivity contribution in [3.05, 3.63) is 66.0 Å². The topological polar surface area (TPSA) is 164 Å². The van der Waals surface area contributed by atoms with Crippen molar-refractivity contribution in [2.75, 3.05) is 24.9 Å². The summed E-state index contributed by atoms with van der Waals surface area (Å²) >= 11 is 0. The molecule has 0 saturated carbocycles. The maximum atomic E-state index is 11.6. The summed E-state index contributed by atoms with van der Waals surface area (Å²) in [5, 5.41) is 22.3. The van der Waals surface area contributed by atoms with Gasteiger partial charge >= 0.3 is 11.9 Å². The van der Waals surface area contributed by atoms with Gasteiger partial charge in [-0.1, -0.05) is 12.1 Å². The van der Waals surface area contributed by atoms with Crippen molar-refractivity contribution >= 4 is 35.3 Å². The number of H-pyrrole nitrogens is 1. The number of esters is 1. The Balaban J connectivity index is 1.46. The van der Waals surface area contributed by atoms with E-state index in [4.69, 9.17) is 14.6 Å². The Bertz CT molecular complexity index is 1350. The number of carbonyl (C=O) groups is 2. The van der Waals surface area contributed by atoms with Crippen LogP contribution in [-0.4, -0.2) is 56.4 Å². The van der Waals surface area contributed by atoms with Crippen LogP contribution in [-0.2, 0) is 16.0 Å². The van der Waals surface area contributed by atoms with Gasteiger partial charge in [-0.3, -0.25) is 9.89 Å². The number of nitrogens with zero attached hydrogens (tertiary/aromatic N) is 4. The van der Waals surface area contributed by atoms with E-state index in [1.54, 1.807) is 48.5 Å². The molecule has 178 valence electrons. The smallest absolute Gasteiger partial charge is 0.337 e. The Morgan fingerprint density at radius 1 is 1.00 bits per heavy atom. The fourth-order valence-electron chi connectivity index (χ4n) is 3.26. The van der Waals surface area contributed by atoms with Crippen LogP contribution in [0.4, 0.5) is 23.4 Å². The van der Waals surface area contributed by atoms with E-state index in [-0.39, 0.29) is 18.3 Å². The number of carboxylic acids is 1. The van der Waals surface area contributed by atoms with Crippen molar-refractivity contribution in [2.45, 2.75) is 6.42 Å². The minimum atomic E-state index is -0.968. The highest BCUT2D eigenvalue weighted by Gasteiger charge is 2.11. The third-order valence-electron chi connectivity index (χ3n) is 4.88. The van der Waals surface area contributed by atoms with Crippen molar-refractivity contribution in [2.24, 2.45) is 0 Å². The second-order valence-electron chi connectivity index (χ2n) is 7.22. The maximum absolute atomic E-state index is 11.6. The number of carboxylic acid groups (broad SMARTS) is 1. The number of nitrogens with one attached hydrogen (secondary N) is 3. The van der Waals surface area contributed by atoms with Gasteiger partial charge in [-0.05, 0) is 35.9 Å². The first kappa shape index (κ1) is 23.2. The molecule has 0 unspecified atom stereocenters. The van der Waals surface area contributed by atoms with Crippen LogP contribution < -0.4 is 15.4 Å². The van der Waals surface area contributed by atoms with Crippen LogP contribution in [0.5, 0.6) is 5.75 Å². The molecule has 0 amide bonds. The first-order chi connectivity index (χ1) is 16.9. The van der Waals surface area contributed by atoms with Crippen LogP contribution >= 0.6 is 0 Å². The van der Waals surface area contributed by atoms with Gasteiger partial charge in [-0.15, -0.1) is 0 Å². The average Bonchev–Trinajstić information content (AvgIpc) is 3.32. The number of carbonyl (C=O) groups excluding carboxylic acids is 1. The van der Waals surface area contributed by atoms with E-state index >= 15 is 0 Å². The molecule has 12 nitrogen and oxygen atoms in total. The summed E-state index contributed by atoms with van der Waals surface area (Å²) in [5.74, 6) is 0.0805. The van der Waals surface area contributed by atoms with E-state index in [9.17, 15) is 9.59 Å². The van der Waals surface area contributed by atoms with Crippen LogP contribution in [0, 0.1) is 0 Å². The number of benzene rings is 2. The van der Waals surface area contributed by atoms with Crippen molar-refractivity contribution in [3.8, 4) is 17.0 Å². The summed E-state index contributed by atoms with van der Waals surface area (Å²) in [5.41, 5.74) is 3.11. The monoisotopic (exact) mass is 475 g/mol. The van der Waals surface area contributed by atoms with Gasteiger partial charge in [0.2, 0.25) is 11.9 Å². The van der Waals surface area contributed by atoms with E-state index < -0.39 is 11.9 Å². The normalized spacial score (nSPS) is 10.5. The highest BCUT2D eigenvalue weighted by atomic mass is 16.5. The SMILES string of the molecule is COC(=O)c1ccc(-c2cc(Nc3ncnc(Nc4ccc(OC)c(CC(=O)O)c4)n3)n[nH]2)cc1. The number of ether oxygens (including phenoxy) is 2. The van der Waals surface area contributed by atoms with E-state index in [2.05, 4.69) is 35.8 Å². The van der Waals surface area contributed by atoms with Gasteiger partial charge in [0.05, 0.1) is 31.9 Å². The van der Waals surface area contributed by atoms with Crippen LogP contribution in [0.25, 0.3) is 11.3 Å². The summed E-state index contributed by atoms with van der Waals surface area (Å²) in [6.45, 7) is 0. The first-order valence-corrected chi connectivity index (χ1v) is 10.3. The van der Waals surface area contributed by atoms with Crippen molar-refractivity contribution < 1.29 is 24.2 Å². The zero-order chi connectivity index (χ0) is 24.8. The molecular weight excluding hydrogens is 454 g/mol. The van der Waals surface area contributed by atoms with Gasteiger partial charge in [0.15, 0.2) is 5.82 Å². The predicted octanol–water partition coefficient (Wildman–Crippen LogP) is 3.17. The summed E-state index contributed by atoms with van der Waals surface area (Å²) in [6, 6.07) is 13.7. The molecular formula is C23H21N7O5. The summed E-state index contributed by atoms with van der Waals surface area (Å²) < 4.78 is 9.93. The molecule has 0 aliphatic heterocycles. The third kappa shape index (κ3) is 5.68. The Morgan fingerprint density at radius 2 is 1.74 bits per heavy atom. The summed E-state index contributed by atoms with van der Waals surface area (Å²) in [7, 11) is 2.81. The predicted molar refractivity (Wildman–Crippen MR) is 126 cm³/mol. The molecule has 0 saturated heterocycles. The number of aliphatic carboxylic acids is 1. The van der Waals surface area contributed by atoms with Gasteiger partial charge in [-0.25, -0.2) is 14.8 Å². The quantitative estimate of drug-likeness (QED) is 0.263. The lowest BCUT2D eigenvalue weighted by Crippen LogP contribution is -2.05. The molecule has 4 aromatic rings. The van der Waals surface area contributed by atoms with Crippen LogP contribution in [0.1, 0.15) is 15.9 Å². The number of aromatic amines is 1. The van der Waals surface area contributed by atoms with Crippen LogP contribution in [0.2, 0.25) is 0 Å². The Labute approximate surface area is 199 Å². The van der Waals surface area contributed by atoms with E-state index in [0.29, 0.717) is 28.4 Å². The number of anilines is 4. The molecule has 0 atom stereocenters. The second kappa shape index (κ2) is 10.3. The minimum Gasteiger partial charge on any atom is -0.496 e. The van der Waals surface area contributed by atoms with Gasteiger partial charge in [0.25, 0.3) is 0 Å². The van der Waals surface area contributed by atoms with Crippen LogP contribution in [0.3, 0.4) is 0 Å². The number of hydrogen-bond donors (Lipinski definition) is 4. The van der Waals surface area contributed by atoms with Crippen LogP contribution in [0.15, 0.2) is 54.9 Å². The molecule has 4 rings (SSSR count). The Kier molecular flexibility index (Phi) is 6.81. The molecule has 0 radical (unpaired) electrons. The lowest BCUT2D eigenvalue weighted by atomic mass is 10.1. The molecule has 0 bridgehead atoms. The lowest BCUT2D eigenvalue weighted by Gasteiger charge is -2.10. The second-order valence-corrected chi connectivity index (χ2v) is 7.22. The summed E-state index contributed by atoms with van der Waals surface area (Å²) in [4.78, 5) is 35.3. The molecule has 2 aromatic carbocycles. The standard InChI is InChI=1S/C23H21N7O5/c1-34-18-8-7-16(9-15(18)10-20(31)32)26-22-24-12-25-23(28-22)27-19-11-17(29-30-19)13-3-5-14(6-4-13)21(33)35-2/h3-9,11-12H,10H2,1-2H3,(H,31,32)(H3,24,25,26,27,28,29,30). The molecule has 0 aliphatic carbocycles. The Morgan fingerprint density at radius 3 is 2.43 bits per heavy atom. The van der Waals surface area contributed by atoms with E-state index in [0.717, 1.165) is 11.3 Å².